The quantitative estimate of drug-likeness (QED) is 0.566. The second-order valence-corrected chi connectivity index (χ2v) is 7.38. The third-order valence-electron chi connectivity index (χ3n) is 4.30. The molecule has 5 nitrogen and oxygen atoms in total. The van der Waals surface area contributed by atoms with Crippen LogP contribution in [-0.2, 0) is 4.79 Å². The lowest BCUT2D eigenvalue weighted by atomic mass is 10.0. The Bertz CT molecular complexity index is 743. The molecule has 1 amide bonds. The maximum Gasteiger partial charge on any atom is 0.438 e. The molecule has 0 saturated heterocycles. The highest BCUT2D eigenvalue weighted by Gasteiger charge is 2.63. The largest absolute Gasteiger partial charge is 0.482 e. The molecule has 0 saturated carbocycles. The van der Waals surface area contributed by atoms with E-state index in [9.17, 15) is 23.1 Å². The number of carbonyl (C=O) groups excluding carboxylic acids is 1. The number of halogens is 5. The number of alkyl halides is 3. The van der Waals surface area contributed by atoms with Crippen molar-refractivity contribution in [1.29, 1.82) is 0 Å². The zero-order chi connectivity index (χ0) is 20.9. The first kappa shape index (κ1) is 22.8. The van der Waals surface area contributed by atoms with Crippen molar-refractivity contribution in [3.63, 3.8) is 0 Å². The summed E-state index contributed by atoms with van der Waals surface area (Å²) < 4.78 is 45.5. The third kappa shape index (κ3) is 5.30. The number of hydrogen-bond acceptors (Lipinski definition) is 4. The maximum atomic E-state index is 13.4. The zero-order valence-corrected chi connectivity index (χ0v) is 16.7. The monoisotopic (exact) mass is 440 g/mol. The topological polar surface area (TPSA) is 62.1 Å². The van der Waals surface area contributed by atoms with Crippen molar-refractivity contribution in [3.05, 3.63) is 28.2 Å². The minimum Gasteiger partial charge on any atom is -0.482 e. The fourth-order valence-corrected chi connectivity index (χ4v) is 3.25. The Labute approximate surface area is 171 Å². The van der Waals surface area contributed by atoms with Crippen molar-refractivity contribution in [3.8, 4) is 5.75 Å². The van der Waals surface area contributed by atoms with Crippen LogP contribution >= 0.6 is 23.2 Å². The van der Waals surface area contributed by atoms with E-state index in [0.717, 1.165) is 19.3 Å². The lowest BCUT2D eigenvalue weighted by Crippen LogP contribution is -2.57. The molecule has 0 fully saturated rings. The second kappa shape index (κ2) is 9.33. The molecule has 1 aliphatic heterocycles. The van der Waals surface area contributed by atoms with E-state index in [0.29, 0.717) is 11.4 Å². The van der Waals surface area contributed by atoms with Crippen LogP contribution in [0.25, 0.3) is 0 Å². The van der Waals surface area contributed by atoms with Crippen LogP contribution in [0.1, 0.15) is 45.4 Å². The van der Waals surface area contributed by atoms with E-state index >= 15 is 0 Å². The van der Waals surface area contributed by atoms with Gasteiger partial charge < -0.3 is 9.84 Å². The predicted octanol–water partition coefficient (Wildman–Crippen LogP) is 5.18. The van der Waals surface area contributed by atoms with Gasteiger partial charge in [0, 0.05) is 17.2 Å². The van der Waals surface area contributed by atoms with E-state index in [4.69, 9.17) is 27.9 Å². The second-order valence-electron chi connectivity index (χ2n) is 6.54. The number of carbonyl (C=O) groups is 1. The Kier molecular flexibility index (Phi) is 7.59. The van der Waals surface area contributed by atoms with E-state index in [-0.39, 0.29) is 27.9 Å². The maximum absolute atomic E-state index is 13.4. The Morgan fingerprint density at radius 3 is 2.64 bits per heavy atom. The Morgan fingerprint density at radius 1 is 1.32 bits per heavy atom. The molecule has 10 heteroatoms. The van der Waals surface area contributed by atoms with Crippen molar-refractivity contribution in [2.24, 2.45) is 5.10 Å². The first-order chi connectivity index (χ1) is 13.1. The molecule has 0 aliphatic carbocycles. The van der Waals surface area contributed by atoms with Crippen molar-refractivity contribution >= 4 is 34.8 Å². The summed E-state index contributed by atoms with van der Waals surface area (Å²) in [4.78, 5) is 12.3. The van der Waals surface area contributed by atoms with Gasteiger partial charge in [0.15, 0.2) is 6.61 Å². The van der Waals surface area contributed by atoms with Crippen molar-refractivity contribution in [1.82, 2.24) is 5.01 Å². The van der Waals surface area contributed by atoms with E-state index in [1.165, 1.54) is 18.2 Å². The molecule has 0 unspecified atom stereocenters. The number of unbranched alkanes of at least 4 members (excludes halogenated alkanes) is 3. The number of hydrazone groups is 1. The SMILES string of the molecule is CCCCCCC1=NN(C(=O)COc2ccc(Cl)cc2Cl)[C@](O)(C(F)(F)F)C1. The summed E-state index contributed by atoms with van der Waals surface area (Å²) in [6.07, 6.45) is -2.13. The molecule has 0 aromatic heterocycles. The minimum atomic E-state index is -5.06. The highest BCUT2D eigenvalue weighted by molar-refractivity contribution is 6.35. The van der Waals surface area contributed by atoms with Crippen molar-refractivity contribution in [2.45, 2.75) is 57.3 Å². The molecule has 1 aliphatic rings. The highest BCUT2D eigenvalue weighted by atomic mass is 35.5. The van der Waals surface area contributed by atoms with Crippen LogP contribution in [0.15, 0.2) is 23.3 Å². The Hall–Kier alpha value is -1.51. The summed E-state index contributed by atoms with van der Waals surface area (Å²) >= 11 is 11.7. The van der Waals surface area contributed by atoms with Crippen LogP contribution in [0.4, 0.5) is 13.2 Å². The average molecular weight is 441 g/mol. The van der Waals surface area contributed by atoms with E-state index in [2.05, 4.69) is 5.10 Å². The molecule has 1 aromatic carbocycles. The van der Waals surface area contributed by atoms with Crippen LogP contribution in [0.5, 0.6) is 5.75 Å². The normalized spacial score (nSPS) is 19.7. The fraction of sp³-hybridized carbons (Fsp3) is 0.556. The third-order valence-corrected chi connectivity index (χ3v) is 4.83. The van der Waals surface area contributed by atoms with Gasteiger partial charge in [0.1, 0.15) is 5.75 Å². The molecular formula is C18H21Cl2F3N2O3. The molecule has 2 rings (SSSR count). The van der Waals surface area contributed by atoms with Crippen molar-refractivity contribution in [2.75, 3.05) is 6.61 Å². The fourth-order valence-electron chi connectivity index (χ4n) is 2.79. The Balaban J connectivity index is 2.10. The summed E-state index contributed by atoms with van der Waals surface area (Å²) in [5, 5.41) is 14.5. The molecular weight excluding hydrogens is 420 g/mol. The molecule has 1 N–H and O–H groups in total. The smallest absolute Gasteiger partial charge is 0.438 e. The zero-order valence-electron chi connectivity index (χ0n) is 15.2. The number of aliphatic hydroxyl groups is 1. The standard InChI is InChI=1S/C18H21Cl2F3N2O3/c1-2-3-4-5-6-13-10-17(27,18(21,22)23)25(24-13)16(26)11-28-15-8-7-12(19)9-14(15)20/h7-9,27H,2-6,10-11H2,1H3/t17-/m1/s1. The van der Waals surface area contributed by atoms with E-state index < -0.39 is 30.8 Å². The molecule has 28 heavy (non-hydrogen) atoms. The number of benzene rings is 1. The van der Waals surface area contributed by atoms with Gasteiger partial charge in [-0.1, -0.05) is 49.4 Å². The van der Waals surface area contributed by atoms with Gasteiger partial charge in [-0.3, -0.25) is 4.79 Å². The Morgan fingerprint density at radius 2 is 2.04 bits per heavy atom. The predicted molar refractivity (Wildman–Crippen MR) is 101 cm³/mol. The van der Waals surface area contributed by atoms with Crippen LogP contribution in [0.2, 0.25) is 10.0 Å². The molecule has 1 aromatic rings. The van der Waals surface area contributed by atoms with Crippen LogP contribution in [0.3, 0.4) is 0 Å². The van der Waals surface area contributed by atoms with Gasteiger partial charge >= 0.3 is 6.18 Å². The van der Waals surface area contributed by atoms with Gasteiger partial charge in [0.2, 0.25) is 0 Å². The molecule has 1 heterocycles. The lowest BCUT2D eigenvalue weighted by Gasteiger charge is -2.32. The number of ether oxygens (including phenoxy) is 1. The first-order valence-electron chi connectivity index (χ1n) is 8.85. The van der Waals surface area contributed by atoms with Crippen LogP contribution in [-0.4, -0.2) is 40.2 Å². The molecule has 0 radical (unpaired) electrons. The van der Waals surface area contributed by atoms with Gasteiger partial charge in [-0.05, 0) is 31.0 Å². The van der Waals surface area contributed by atoms with Gasteiger partial charge in [-0.15, -0.1) is 0 Å². The highest BCUT2D eigenvalue weighted by Crippen LogP contribution is 2.41. The number of nitrogens with zero attached hydrogens (tertiary/aromatic N) is 2. The molecule has 156 valence electrons. The number of amides is 1. The number of rotatable bonds is 8. The average Bonchev–Trinajstić information content (AvgIpc) is 2.96. The first-order valence-corrected chi connectivity index (χ1v) is 9.60. The summed E-state index contributed by atoms with van der Waals surface area (Å²) in [5.74, 6) is -1.05. The summed E-state index contributed by atoms with van der Waals surface area (Å²) in [6, 6.07) is 4.22. The molecule has 0 spiro atoms. The van der Waals surface area contributed by atoms with Crippen molar-refractivity contribution < 1.29 is 27.8 Å². The summed E-state index contributed by atoms with van der Waals surface area (Å²) in [5.41, 5.74) is -3.24. The van der Waals surface area contributed by atoms with E-state index in [1.54, 1.807) is 0 Å². The minimum absolute atomic E-state index is 0.0754. The molecule has 1 atom stereocenters. The lowest BCUT2D eigenvalue weighted by molar-refractivity contribution is -0.302. The number of hydrogen-bond donors (Lipinski definition) is 1. The van der Waals surface area contributed by atoms with Gasteiger partial charge in [-0.25, -0.2) is 0 Å². The van der Waals surface area contributed by atoms with E-state index in [1.807, 2.05) is 6.92 Å². The summed E-state index contributed by atoms with van der Waals surface area (Å²) in [6.45, 7) is 1.25. The van der Waals surface area contributed by atoms with Crippen LogP contribution < -0.4 is 4.74 Å². The summed E-state index contributed by atoms with van der Waals surface area (Å²) in [7, 11) is 0. The van der Waals surface area contributed by atoms with Gasteiger partial charge in [0.05, 0.1) is 5.02 Å². The van der Waals surface area contributed by atoms with Gasteiger partial charge in [-0.2, -0.15) is 23.3 Å². The van der Waals surface area contributed by atoms with Gasteiger partial charge in [0.25, 0.3) is 11.6 Å². The van der Waals surface area contributed by atoms with Crippen LogP contribution in [0, 0.1) is 0 Å². The molecule has 0 bridgehead atoms.